The zero-order valence-electron chi connectivity index (χ0n) is 13.2. The van der Waals surface area contributed by atoms with E-state index in [2.05, 4.69) is 10.4 Å². The monoisotopic (exact) mass is 328 g/mol. The van der Waals surface area contributed by atoms with Crippen molar-refractivity contribution in [3.63, 3.8) is 0 Å². The van der Waals surface area contributed by atoms with Crippen LogP contribution in [0.5, 0.6) is 0 Å². The van der Waals surface area contributed by atoms with Gasteiger partial charge in [0.05, 0.1) is 11.9 Å². The molecule has 22 heavy (non-hydrogen) atoms. The summed E-state index contributed by atoms with van der Waals surface area (Å²) < 4.78 is 26.2. The standard InChI is InChI=1S/C14H24N4O3S/c1-12-4-9-17(16-12)8-3-7-15-14(19)13-5-10-18(11-6-13)22(2,20)21/h4,9,13H,3,5-8,10-11H2,1-2H3,(H,15,19). The van der Waals surface area contributed by atoms with Crippen LogP contribution in [0.2, 0.25) is 0 Å². The van der Waals surface area contributed by atoms with Crippen molar-refractivity contribution in [1.29, 1.82) is 0 Å². The minimum absolute atomic E-state index is 0.0322. The average molecular weight is 328 g/mol. The van der Waals surface area contributed by atoms with Crippen LogP contribution in [0.4, 0.5) is 0 Å². The lowest BCUT2D eigenvalue weighted by Gasteiger charge is -2.29. The van der Waals surface area contributed by atoms with E-state index in [0.717, 1.165) is 18.7 Å². The molecule has 0 radical (unpaired) electrons. The first-order valence-corrected chi connectivity index (χ1v) is 9.44. The Morgan fingerprint density at radius 3 is 2.64 bits per heavy atom. The highest BCUT2D eigenvalue weighted by Gasteiger charge is 2.28. The molecular formula is C14H24N4O3S. The Balaban J connectivity index is 1.66. The van der Waals surface area contributed by atoms with E-state index in [9.17, 15) is 13.2 Å². The Kier molecular flexibility index (Phi) is 5.57. The lowest BCUT2D eigenvalue weighted by Crippen LogP contribution is -2.42. The second-order valence-electron chi connectivity index (χ2n) is 5.80. The quantitative estimate of drug-likeness (QED) is 0.765. The third-order valence-corrected chi connectivity index (χ3v) is 5.23. The van der Waals surface area contributed by atoms with E-state index < -0.39 is 10.0 Å². The number of nitrogens with one attached hydrogen (secondary N) is 1. The van der Waals surface area contributed by atoms with Gasteiger partial charge in [-0.2, -0.15) is 5.10 Å². The van der Waals surface area contributed by atoms with Gasteiger partial charge in [-0.1, -0.05) is 0 Å². The van der Waals surface area contributed by atoms with Crippen molar-refractivity contribution < 1.29 is 13.2 Å². The van der Waals surface area contributed by atoms with Crippen molar-refractivity contribution >= 4 is 15.9 Å². The summed E-state index contributed by atoms with van der Waals surface area (Å²) in [5, 5.41) is 7.23. The summed E-state index contributed by atoms with van der Waals surface area (Å²) in [6, 6.07) is 1.95. The molecule has 0 unspecified atom stereocenters. The summed E-state index contributed by atoms with van der Waals surface area (Å²) >= 11 is 0. The van der Waals surface area contributed by atoms with E-state index >= 15 is 0 Å². The Hall–Kier alpha value is -1.41. The van der Waals surface area contributed by atoms with Crippen LogP contribution in [0.1, 0.15) is 25.0 Å². The van der Waals surface area contributed by atoms with Gasteiger partial charge in [0.2, 0.25) is 15.9 Å². The number of hydrogen-bond donors (Lipinski definition) is 1. The van der Waals surface area contributed by atoms with Crippen LogP contribution in [-0.2, 0) is 21.4 Å². The molecule has 1 fully saturated rings. The van der Waals surface area contributed by atoms with E-state index in [1.165, 1.54) is 10.6 Å². The molecule has 0 atom stereocenters. The SMILES string of the molecule is Cc1ccn(CCCNC(=O)C2CCN(S(C)(=O)=O)CC2)n1. The number of piperidine rings is 1. The van der Waals surface area contributed by atoms with Gasteiger partial charge in [0, 0.05) is 38.3 Å². The van der Waals surface area contributed by atoms with Gasteiger partial charge in [0.25, 0.3) is 0 Å². The number of hydrogen-bond acceptors (Lipinski definition) is 4. The molecule has 1 N–H and O–H groups in total. The zero-order chi connectivity index (χ0) is 16.2. The molecule has 0 bridgehead atoms. The maximum atomic E-state index is 12.1. The fourth-order valence-corrected chi connectivity index (χ4v) is 3.51. The van der Waals surface area contributed by atoms with E-state index in [1.807, 2.05) is 23.9 Å². The zero-order valence-corrected chi connectivity index (χ0v) is 14.0. The number of sulfonamides is 1. The summed E-state index contributed by atoms with van der Waals surface area (Å²) in [6.45, 7) is 4.21. The minimum Gasteiger partial charge on any atom is -0.356 e. The van der Waals surface area contributed by atoms with Gasteiger partial charge >= 0.3 is 0 Å². The van der Waals surface area contributed by atoms with E-state index in [0.29, 0.717) is 32.5 Å². The third kappa shape index (κ3) is 4.81. The molecule has 1 aromatic rings. The molecule has 1 aliphatic rings. The first kappa shape index (κ1) is 17.0. The minimum atomic E-state index is -3.13. The van der Waals surface area contributed by atoms with Gasteiger partial charge < -0.3 is 5.32 Å². The molecule has 1 saturated heterocycles. The lowest BCUT2D eigenvalue weighted by molar-refractivity contribution is -0.126. The predicted molar refractivity (Wildman–Crippen MR) is 83.7 cm³/mol. The molecule has 8 heteroatoms. The first-order valence-electron chi connectivity index (χ1n) is 7.59. The van der Waals surface area contributed by atoms with Crippen molar-refractivity contribution in [2.45, 2.75) is 32.7 Å². The van der Waals surface area contributed by atoms with Crippen molar-refractivity contribution in [2.75, 3.05) is 25.9 Å². The maximum Gasteiger partial charge on any atom is 0.223 e. The van der Waals surface area contributed by atoms with Gasteiger partial charge in [-0.15, -0.1) is 0 Å². The number of amides is 1. The van der Waals surface area contributed by atoms with Gasteiger partial charge in [-0.3, -0.25) is 9.48 Å². The second-order valence-corrected chi connectivity index (χ2v) is 7.78. The van der Waals surface area contributed by atoms with E-state index in [4.69, 9.17) is 0 Å². The van der Waals surface area contributed by atoms with Gasteiger partial charge in [-0.25, -0.2) is 12.7 Å². The average Bonchev–Trinajstić information content (AvgIpc) is 2.88. The molecule has 0 aromatic carbocycles. The molecule has 1 aliphatic heterocycles. The van der Waals surface area contributed by atoms with Crippen molar-refractivity contribution in [3.8, 4) is 0 Å². The molecule has 1 aromatic heterocycles. The smallest absolute Gasteiger partial charge is 0.223 e. The highest BCUT2D eigenvalue weighted by molar-refractivity contribution is 7.88. The van der Waals surface area contributed by atoms with Crippen molar-refractivity contribution in [2.24, 2.45) is 5.92 Å². The Morgan fingerprint density at radius 1 is 1.41 bits per heavy atom. The summed E-state index contributed by atoms with van der Waals surface area (Å²) in [6.07, 6.45) is 5.16. The fourth-order valence-electron chi connectivity index (χ4n) is 2.63. The van der Waals surface area contributed by atoms with Gasteiger partial charge in [0.15, 0.2) is 0 Å². The Bertz CT molecular complexity index is 603. The van der Waals surface area contributed by atoms with Crippen LogP contribution in [0, 0.1) is 12.8 Å². The highest BCUT2D eigenvalue weighted by atomic mass is 32.2. The molecule has 0 spiro atoms. The molecular weight excluding hydrogens is 304 g/mol. The number of aromatic nitrogens is 2. The van der Waals surface area contributed by atoms with E-state index in [-0.39, 0.29) is 11.8 Å². The van der Waals surface area contributed by atoms with Crippen LogP contribution < -0.4 is 5.32 Å². The van der Waals surface area contributed by atoms with E-state index in [1.54, 1.807) is 0 Å². The molecule has 2 heterocycles. The van der Waals surface area contributed by atoms with Crippen molar-refractivity contribution in [1.82, 2.24) is 19.4 Å². The molecule has 7 nitrogen and oxygen atoms in total. The summed E-state index contributed by atoms with van der Waals surface area (Å²) in [5.41, 5.74) is 0.988. The lowest BCUT2D eigenvalue weighted by atomic mass is 9.97. The van der Waals surface area contributed by atoms with Gasteiger partial charge in [-0.05, 0) is 32.3 Å². The Morgan fingerprint density at radius 2 is 2.09 bits per heavy atom. The molecule has 1 amide bonds. The largest absolute Gasteiger partial charge is 0.356 e. The second kappa shape index (κ2) is 7.23. The number of aryl methyl sites for hydroxylation is 2. The summed E-state index contributed by atoms with van der Waals surface area (Å²) in [5.74, 6) is -0.0465. The van der Waals surface area contributed by atoms with Crippen LogP contribution in [0.25, 0.3) is 0 Å². The number of nitrogens with zero attached hydrogens (tertiary/aromatic N) is 3. The normalized spacial score (nSPS) is 17.5. The molecule has 0 aliphatic carbocycles. The topological polar surface area (TPSA) is 84.3 Å². The predicted octanol–water partition coefficient (Wildman–Crippen LogP) is 0.369. The molecule has 124 valence electrons. The number of carbonyl (C=O) groups is 1. The fraction of sp³-hybridized carbons (Fsp3) is 0.714. The Labute approximate surface area is 131 Å². The maximum absolute atomic E-state index is 12.1. The number of rotatable bonds is 6. The third-order valence-electron chi connectivity index (χ3n) is 3.93. The highest BCUT2D eigenvalue weighted by Crippen LogP contribution is 2.19. The molecule has 2 rings (SSSR count). The summed E-state index contributed by atoms with van der Waals surface area (Å²) in [4.78, 5) is 12.1. The van der Waals surface area contributed by atoms with Crippen LogP contribution in [0.15, 0.2) is 12.3 Å². The summed E-state index contributed by atoms with van der Waals surface area (Å²) in [7, 11) is -3.13. The van der Waals surface area contributed by atoms with Crippen molar-refractivity contribution in [3.05, 3.63) is 18.0 Å². The van der Waals surface area contributed by atoms with Gasteiger partial charge in [0.1, 0.15) is 0 Å². The van der Waals surface area contributed by atoms with Crippen LogP contribution >= 0.6 is 0 Å². The molecule has 0 saturated carbocycles. The number of carbonyl (C=O) groups excluding carboxylic acids is 1. The first-order chi connectivity index (χ1) is 10.4. The van der Waals surface area contributed by atoms with Crippen LogP contribution in [-0.4, -0.2) is 54.3 Å². The van der Waals surface area contributed by atoms with Crippen LogP contribution in [0.3, 0.4) is 0 Å².